The molecule has 1 aromatic carbocycles. The highest BCUT2D eigenvalue weighted by atomic mass is 35.5. The van der Waals surface area contributed by atoms with Crippen molar-refractivity contribution in [3.63, 3.8) is 0 Å². The van der Waals surface area contributed by atoms with Gasteiger partial charge in [-0.05, 0) is 37.3 Å². The zero-order chi connectivity index (χ0) is 12.7. The monoisotopic (exact) mass is 280 g/mol. The molecule has 0 amide bonds. The average Bonchev–Trinajstić information content (AvgIpc) is 2.86. The van der Waals surface area contributed by atoms with Crippen LogP contribution in [0.4, 0.5) is 0 Å². The quantitative estimate of drug-likeness (QED) is 0.733. The molecule has 2 heterocycles. The maximum atomic E-state index is 5.99. The number of rotatable bonds is 2. The summed E-state index contributed by atoms with van der Waals surface area (Å²) in [4.78, 5) is 7.27. The number of hydrogen-bond donors (Lipinski definition) is 1. The Morgan fingerprint density at radius 2 is 2.33 bits per heavy atom. The van der Waals surface area contributed by atoms with E-state index in [4.69, 9.17) is 28.3 Å². The molecule has 18 heavy (non-hydrogen) atoms. The van der Waals surface area contributed by atoms with Gasteiger partial charge in [0, 0.05) is 5.02 Å². The van der Waals surface area contributed by atoms with Crippen LogP contribution in [0.5, 0.6) is 0 Å². The fraction of sp³-hybridized carbons (Fsp3) is 0.182. The van der Waals surface area contributed by atoms with Crippen LogP contribution in [0.3, 0.4) is 0 Å². The molecule has 0 spiro atoms. The molecule has 92 valence electrons. The molecule has 0 saturated heterocycles. The Morgan fingerprint density at radius 1 is 1.50 bits per heavy atom. The van der Waals surface area contributed by atoms with E-state index in [1.165, 1.54) is 0 Å². The maximum Gasteiger partial charge on any atom is 0.246 e. The number of nitrogens with one attached hydrogen (secondary N) is 1. The highest BCUT2D eigenvalue weighted by molar-refractivity contribution is 7.71. The van der Waals surface area contributed by atoms with Crippen LogP contribution in [0, 0.1) is 11.7 Å². The second kappa shape index (κ2) is 4.22. The molecule has 7 heteroatoms. The standard InChI is InChI=1S/C11H9ClN4OS/c1-6-13-10(17-15-6)5-16-9-4-7(12)2-3-8(9)14-11(16)18/h2-4H,5H2,1H3,(H,14,18). The number of nitrogens with zero attached hydrogens (tertiary/aromatic N) is 3. The lowest BCUT2D eigenvalue weighted by Crippen LogP contribution is -2.00. The number of fused-ring (bicyclic) bond motifs is 1. The van der Waals surface area contributed by atoms with Gasteiger partial charge in [-0.25, -0.2) is 0 Å². The summed E-state index contributed by atoms with van der Waals surface area (Å²) < 4.78 is 7.58. The van der Waals surface area contributed by atoms with Gasteiger partial charge in [0.1, 0.15) is 6.54 Å². The van der Waals surface area contributed by atoms with Crippen molar-refractivity contribution >= 4 is 34.9 Å². The summed E-state index contributed by atoms with van der Waals surface area (Å²) in [5, 5.41) is 4.41. The van der Waals surface area contributed by atoms with Crippen LogP contribution in [0.25, 0.3) is 11.0 Å². The Labute approximate surface area is 112 Å². The lowest BCUT2D eigenvalue weighted by molar-refractivity contribution is 0.368. The minimum atomic E-state index is 0.431. The lowest BCUT2D eigenvalue weighted by atomic mass is 10.3. The Hall–Kier alpha value is -1.66. The zero-order valence-electron chi connectivity index (χ0n) is 9.48. The Morgan fingerprint density at radius 3 is 3.06 bits per heavy atom. The fourth-order valence-electron chi connectivity index (χ4n) is 1.82. The molecule has 1 N–H and O–H groups in total. The van der Waals surface area contributed by atoms with Gasteiger partial charge < -0.3 is 14.1 Å². The van der Waals surface area contributed by atoms with Crippen LogP contribution in [0.15, 0.2) is 22.7 Å². The molecular formula is C11H9ClN4OS. The molecule has 0 atom stereocenters. The van der Waals surface area contributed by atoms with Crippen LogP contribution in [0.1, 0.15) is 11.7 Å². The number of benzene rings is 1. The van der Waals surface area contributed by atoms with E-state index in [0.29, 0.717) is 28.1 Å². The van der Waals surface area contributed by atoms with Crippen molar-refractivity contribution in [3.8, 4) is 0 Å². The predicted molar refractivity (Wildman–Crippen MR) is 70.3 cm³/mol. The van der Waals surface area contributed by atoms with Gasteiger partial charge in [0.15, 0.2) is 10.6 Å². The maximum absolute atomic E-state index is 5.99. The van der Waals surface area contributed by atoms with Gasteiger partial charge in [0.25, 0.3) is 0 Å². The molecule has 0 aliphatic heterocycles. The largest absolute Gasteiger partial charge is 0.337 e. The van der Waals surface area contributed by atoms with Crippen molar-refractivity contribution < 1.29 is 4.52 Å². The third-order valence-corrected chi connectivity index (χ3v) is 3.16. The first kappa shape index (κ1) is 11.4. The van der Waals surface area contributed by atoms with Crippen molar-refractivity contribution in [2.45, 2.75) is 13.5 Å². The van der Waals surface area contributed by atoms with Gasteiger partial charge in [-0.2, -0.15) is 4.98 Å². The summed E-state index contributed by atoms with van der Waals surface area (Å²) in [5.41, 5.74) is 1.85. The second-order valence-electron chi connectivity index (χ2n) is 3.91. The number of hydrogen-bond acceptors (Lipinski definition) is 4. The first-order valence-electron chi connectivity index (χ1n) is 5.31. The summed E-state index contributed by atoms with van der Waals surface area (Å²) in [5.74, 6) is 1.12. The predicted octanol–water partition coefficient (Wildman–Crippen LogP) is 3.09. The smallest absolute Gasteiger partial charge is 0.246 e. The molecular weight excluding hydrogens is 272 g/mol. The number of halogens is 1. The number of aromatic amines is 1. The lowest BCUT2D eigenvalue weighted by Gasteiger charge is -2.00. The summed E-state index contributed by atoms with van der Waals surface area (Å²) in [7, 11) is 0. The van der Waals surface area contributed by atoms with Crippen molar-refractivity contribution in [3.05, 3.63) is 39.7 Å². The van der Waals surface area contributed by atoms with Crippen molar-refractivity contribution in [1.82, 2.24) is 19.7 Å². The SMILES string of the molecule is Cc1noc(Cn2c(=S)[nH]c3ccc(Cl)cc32)n1. The van der Waals surface area contributed by atoms with Crippen LogP contribution < -0.4 is 0 Å². The normalized spacial score (nSPS) is 11.2. The first-order valence-corrected chi connectivity index (χ1v) is 6.09. The molecule has 0 bridgehead atoms. The molecule has 0 aliphatic rings. The second-order valence-corrected chi connectivity index (χ2v) is 4.74. The van der Waals surface area contributed by atoms with Gasteiger partial charge in [-0.1, -0.05) is 16.8 Å². The van der Waals surface area contributed by atoms with Crippen LogP contribution in [-0.2, 0) is 6.54 Å². The Kier molecular flexibility index (Phi) is 2.68. The van der Waals surface area contributed by atoms with Crippen molar-refractivity contribution in [2.24, 2.45) is 0 Å². The van der Waals surface area contributed by atoms with E-state index < -0.39 is 0 Å². The van der Waals surface area contributed by atoms with Crippen LogP contribution >= 0.6 is 23.8 Å². The zero-order valence-corrected chi connectivity index (χ0v) is 11.0. The highest BCUT2D eigenvalue weighted by Gasteiger charge is 2.09. The molecule has 0 unspecified atom stereocenters. The molecule has 5 nitrogen and oxygen atoms in total. The van der Waals surface area contributed by atoms with E-state index in [9.17, 15) is 0 Å². The van der Waals surface area contributed by atoms with Gasteiger partial charge >= 0.3 is 0 Å². The van der Waals surface area contributed by atoms with Gasteiger partial charge in [-0.15, -0.1) is 0 Å². The summed E-state index contributed by atoms with van der Waals surface area (Å²) in [6, 6.07) is 5.56. The number of aromatic nitrogens is 4. The van der Waals surface area contributed by atoms with E-state index in [2.05, 4.69) is 15.1 Å². The summed E-state index contributed by atoms with van der Waals surface area (Å²) >= 11 is 11.3. The van der Waals surface area contributed by atoms with Gasteiger partial charge in [0.2, 0.25) is 5.89 Å². The summed E-state index contributed by atoms with van der Waals surface area (Å²) in [6.07, 6.45) is 0. The van der Waals surface area contributed by atoms with E-state index >= 15 is 0 Å². The van der Waals surface area contributed by atoms with Gasteiger partial charge in [0.05, 0.1) is 11.0 Å². The van der Waals surface area contributed by atoms with Gasteiger partial charge in [-0.3, -0.25) is 0 Å². The van der Waals surface area contributed by atoms with E-state index in [1.54, 1.807) is 6.92 Å². The minimum Gasteiger partial charge on any atom is -0.337 e. The highest BCUT2D eigenvalue weighted by Crippen LogP contribution is 2.20. The van der Waals surface area contributed by atoms with Crippen molar-refractivity contribution in [1.29, 1.82) is 0 Å². The fourth-order valence-corrected chi connectivity index (χ4v) is 2.26. The van der Waals surface area contributed by atoms with E-state index in [1.807, 2.05) is 22.8 Å². The van der Waals surface area contributed by atoms with Crippen LogP contribution in [-0.4, -0.2) is 19.7 Å². The van der Waals surface area contributed by atoms with E-state index in [-0.39, 0.29) is 0 Å². The minimum absolute atomic E-state index is 0.431. The summed E-state index contributed by atoms with van der Waals surface area (Å²) in [6.45, 7) is 2.21. The molecule has 3 aromatic rings. The molecule has 2 aromatic heterocycles. The number of aryl methyl sites for hydroxylation is 1. The molecule has 0 fully saturated rings. The molecule has 0 saturated carbocycles. The van der Waals surface area contributed by atoms with E-state index in [0.717, 1.165) is 11.0 Å². The topological polar surface area (TPSA) is 59.6 Å². The molecule has 3 rings (SSSR count). The van der Waals surface area contributed by atoms with Crippen LogP contribution in [0.2, 0.25) is 5.02 Å². The van der Waals surface area contributed by atoms with Crippen molar-refractivity contribution in [2.75, 3.05) is 0 Å². The third kappa shape index (κ3) is 1.93. The molecule has 0 radical (unpaired) electrons. The number of imidazole rings is 1. The number of H-pyrrole nitrogens is 1. The Balaban J connectivity index is 2.13. The Bertz CT molecular complexity index is 773. The third-order valence-electron chi connectivity index (χ3n) is 2.60. The first-order chi connectivity index (χ1) is 8.63. The molecule has 0 aliphatic carbocycles. The average molecular weight is 281 g/mol.